The van der Waals surface area contributed by atoms with Crippen molar-refractivity contribution < 1.29 is 29.9 Å². The third-order valence-electron chi connectivity index (χ3n) is 6.53. The van der Waals surface area contributed by atoms with Crippen molar-refractivity contribution in [3.8, 4) is 0 Å². The number of benzene rings is 2. The van der Waals surface area contributed by atoms with E-state index in [0.29, 0.717) is 17.0 Å². The van der Waals surface area contributed by atoms with Crippen molar-refractivity contribution in [2.45, 2.75) is 55.2 Å². The fourth-order valence-corrected chi connectivity index (χ4v) is 4.61. The van der Waals surface area contributed by atoms with Crippen LogP contribution in [0.1, 0.15) is 41.2 Å². The van der Waals surface area contributed by atoms with Gasteiger partial charge in [0.15, 0.2) is 0 Å². The van der Waals surface area contributed by atoms with Gasteiger partial charge in [-0.05, 0) is 47.6 Å². The topological polar surface area (TPSA) is 99.4 Å². The summed E-state index contributed by atoms with van der Waals surface area (Å²) in [6.45, 7) is 0.276. The van der Waals surface area contributed by atoms with E-state index in [9.17, 15) is 20.4 Å². The molecule has 0 amide bonds. The number of rotatable bonds is 7. The van der Waals surface area contributed by atoms with E-state index in [0.717, 1.165) is 30.6 Å². The third kappa shape index (κ3) is 4.52. The van der Waals surface area contributed by atoms with Crippen LogP contribution in [-0.4, -0.2) is 65.2 Å². The molecule has 2 fully saturated rings. The lowest BCUT2D eigenvalue weighted by atomic mass is 9.90. The van der Waals surface area contributed by atoms with Gasteiger partial charge in [0.05, 0.1) is 13.2 Å². The van der Waals surface area contributed by atoms with Crippen LogP contribution in [0.25, 0.3) is 0 Å². The summed E-state index contributed by atoms with van der Waals surface area (Å²) < 4.78 is 11.1. The van der Waals surface area contributed by atoms with Gasteiger partial charge in [-0.25, -0.2) is 0 Å². The first-order valence-electron chi connectivity index (χ1n) is 10.6. The molecule has 6 nitrogen and oxygen atoms in total. The number of ether oxygens (including phenoxy) is 2. The van der Waals surface area contributed by atoms with Crippen LogP contribution in [0.4, 0.5) is 0 Å². The summed E-state index contributed by atoms with van der Waals surface area (Å²) in [5, 5.41) is 40.6. The molecule has 5 atom stereocenters. The van der Waals surface area contributed by atoms with Gasteiger partial charge in [-0.3, -0.25) is 0 Å². The second-order valence-electron chi connectivity index (χ2n) is 8.69. The lowest BCUT2D eigenvalue weighted by molar-refractivity contribution is -0.231. The van der Waals surface area contributed by atoms with Crippen LogP contribution >= 0.6 is 11.6 Å². The largest absolute Gasteiger partial charge is 0.394 e. The van der Waals surface area contributed by atoms with E-state index >= 15 is 0 Å². The Balaban J connectivity index is 1.53. The average Bonchev–Trinajstić information content (AvgIpc) is 3.55. The highest BCUT2D eigenvalue weighted by molar-refractivity contribution is 6.31. The minimum atomic E-state index is -1.41. The minimum Gasteiger partial charge on any atom is -0.394 e. The number of aliphatic hydroxyl groups is 4. The maximum atomic E-state index is 10.4. The lowest BCUT2D eigenvalue weighted by Gasteiger charge is -2.40. The Bertz CT molecular complexity index is 895. The number of hydrogen-bond donors (Lipinski definition) is 4. The van der Waals surface area contributed by atoms with E-state index in [4.69, 9.17) is 21.1 Å². The fourth-order valence-electron chi connectivity index (χ4n) is 4.42. The Morgan fingerprint density at radius 3 is 2.35 bits per heavy atom. The van der Waals surface area contributed by atoms with Gasteiger partial charge in [-0.1, -0.05) is 48.0 Å². The smallest absolute Gasteiger partial charge is 0.113 e. The van der Waals surface area contributed by atoms with Crippen LogP contribution in [0, 0.1) is 0 Å². The molecule has 1 saturated heterocycles. The predicted octanol–water partition coefficient (Wildman–Crippen LogP) is 2.12. The molecule has 1 aliphatic carbocycles. The van der Waals surface area contributed by atoms with Crippen LogP contribution in [-0.2, 0) is 21.3 Å². The summed E-state index contributed by atoms with van der Waals surface area (Å²) in [4.78, 5) is 0. The van der Waals surface area contributed by atoms with Gasteiger partial charge in [0.25, 0.3) is 0 Å². The van der Waals surface area contributed by atoms with E-state index < -0.39 is 37.1 Å². The Morgan fingerprint density at radius 1 is 1.03 bits per heavy atom. The summed E-state index contributed by atoms with van der Waals surface area (Å²) in [6, 6.07) is 13.8. The quantitative estimate of drug-likeness (QED) is 0.518. The van der Waals surface area contributed by atoms with Crippen molar-refractivity contribution in [2.75, 3.05) is 20.3 Å². The molecule has 4 N–H and O–H groups in total. The van der Waals surface area contributed by atoms with Gasteiger partial charge < -0.3 is 29.9 Å². The molecule has 1 saturated carbocycles. The monoisotopic (exact) mass is 448 g/mol. The van der Waals surface area contributed by atoms with Crippen LogP contribution in [0.3, 0.4) is 0 Å². The zero-order chi connectivity index (χ0) is 22.2. The normalized spacial score (nSPS) is 29.7. The van der Waals surface area contributed by atoms with Gasteiger partial charge in [-0.2, -0.15) is 0 Å². The molecule has 2 aliphatic rings. The zero-order valence-electron chi connectivity index (χ0n) is 17.4. The summed E-state index contributed by atoms with van der Waals surface area (Å²) in [6.07, 6.45) is -3.04. The molecule has 4 rings (SSSR count). The number of hydrogen-bond acceptors (Lipinski definition) is 6. The summed E-state index contributed by atoms with van der Waals surface area (Å²) in [7, 11) is 1.73. The average molecular weight is 449 g/mol. The molecule has 2 aromatic carbocycles. The van der Waals surface area contributed by atoms with Gasteiger partial charge >= 0.3 is 0 Å². The van der Waals surface area contributed by atoms with E-state index in [1.54, 1.807) is 19.2 Å². The van der Waals surface area contributed by atoms with Crippen molar-refractivity contribution >= 4 is 11.6 Å². The first-order valence-corrected chi connectivity index (χ1v) is 10.9. The molecule has 1 aliphatic heterocycles. The summed E-state index contributed by atoms with van der Waals surface area (Å²) in [5.41, 5.74) is 4.05. The molecule has 168 valence electrons. The van der Waals surface area contributed by atoms with Crippen LogP contribution in [0.15, 0.2) is 42.5 Å². The second kappa shape index (κ2) is 9.16. The Morgan fingerprint density at radius 2 is 1.74 bits per heavy atom. The fraction of sp³-hybridized carbons (Fsp3) is 0.500. The van der Waals surface area contributed by atoms with E-state index in [2.05, 4.69) is 24.3 Å². The molecule has 31 heavy (non-hydrogen) atoms. The highest BCUT2D eigenvalue weighted by Gasteiger charge is 2.45. The van der Waals surface area contributed by atoms with Crippen molar-refractivity contribution in [3.63, 3.8) is 0 Å². The highest BCUT2D eigenvalue weighted by Crippen LogP contribution is 2.48. The van der Waals surface area contributed by atoms with E-state index in [1.165, 1.54) is 5.56 Å². The van der Waals surface area contributed by atoms with Crippen molar-refractivity contribution in [1.29, 1.82) is 0 Å². The number of methoxy groups -OCH3 is 1. The van der Waals surface area contributed by atoms with Crippen molar-refractivity contribution in [2.24, 2.45) is 0 Å². The third-order valence-corrected chi connectivity index (χ3v) is 6.89. The number of halogens is 1. The van der Waals surface area contributed by atoms with Crippen LogP contribution in [0.2, 0.25) is 5.02 Å². The summed E-state index contributed by atoms with van der Waals surface area (Å²) in [5.74, 6) is 0. The van der Waals surface area contributed by atoms with Crippen LogP contribution in [0.5, 0.6) is 0 Å². The molecule has 0 radical (unpaired) electrons. The first kappa shape index (κ1) is 22.7. The van der Waals surface area contributed by atoms with E-state index in [-0.39, 0.29) is 5.41 Å². The van der Waals surface area contributed by atoms with Gasteiger partial charge in [-0.15, -0.1) is 0 Å². The van der Waals surface area contributed by atoms with E-state index in [1.807, 2.05) is 6.07 Å². The molecule has 0 unspecified atom stereocenters. The van der Waals surface area contributed by atoms with Crippen molar-refractivity contribution in [3.05, 3.63) is 69.7 Å². The molecule has 7 heteroatoms. The van der Waals surface area contributed by atoms with Crippen molar-refractivity contribution in [1.82, 2.24) is 0 Å². The van der Waals surface area contributed by atoms with Gasteiger partial charge in [0.2, 0.25) is 0 Å². The van der Waals surface area contributed by atoms with Gasteiger partial charge in [0.1, 0.15) is 30.5 Å². The van der Waals surface area contributed by atoms with Gasteiger partial charge in [0, 0.05) is 17.5 Å². The standard InChI is InChI=1S/C24H29ClO6/c1-30-13-24(8-9-24)17-5-2-14(3-6-17)10-16-11-15(4-7-18(16)25)23-22(29)21(28)20(27)19(12-26)31-23/h2-7,11,19-23,26-29H,8-10,12-13H2,1H3/t19-,20-,21+,22-,23+/m1/s1. The molecule has 0 aromatic heterocycles. The number of aliphatic hydroxyl groups excluding tert-OH is 4. The lowest BCUT2D eigenvalue weighted by Crippen LogP contribution is -2.55. The zero-order valence-corrected chi connectivity index (χ0v) is 18.2. The predicted molar refractivity (Wildman–Crippen MR) is 116 cm³/mol. The molecular weight excluding hydrogens is 420 g/mol. The molecule has 0 spiro atoms. The van der Waals surface area contributed by atoms with Crippen LogP contribution < -0.4 is 0 Å². The maximum Gasteiger partial charge on any atom is 0.113 e. The Hall–Kier alpha value is -1.51. The minimum absolute atomic E-state index is 0.161. The molecule has 2 aromatic rings. The summed E-state index contributed by atoms with van der Waals surface area (Å²) >= 11 is 6.44. The maximum absolute atomic E-state index is 10.4. The highest BCUT2D eigenvalue weighted by atomic mass is 35.5. The molecular formula is C24H29ClO6. The second-order valence-corrected chi connectivity index (χ2v) is 9.09. The molecule has 0 bridgehead atoms. The molecule has 1 heterocycles. The first-order chi connectivity index (χ1) is 14.9. The SMILES string of the molecule is COCC1(c2ccc(Cc3cc([C@@H]4O[C@H](CO)[C@@H](O)[C@H](O)[C@H]4O)ccc3Cl)cc2)CC1. The Kier molecular flexibility index (Phi) is 6.70. The Labute approximate surface area is 187 Å².